The van der Waals surface area contributed by atoms with Crippen molar-refractivity contribution in [2.45, 2.75) is 59.3 Å². The lowest BCUT2D eigenvalue weighted by atomic mass is 9.49. The molecule has 4 rings (SSSR count). The second kappa shape index (κ2) is 5.31. The van der Waals surface area contributed by atoms with Crippen molar-refractivity contribution in [2.75, 3.05) is 0 Å². The predicted octanol–water partition coefficient (Wildman–Crippen LogP) is 5.47. The Bertz CT molecular complexity index is 673. The fourth-order valence-corrected chi connectivity index (χ4v) is 6.19. The highest BCUT2D eigenvalue weighted by Crippen LogP contribution is 2.65. The Kier molecular flexibility index (Phi) is 3.56. The number of halogens is 1. The van der Waals surface area contributed by atoms with Crippen LogP contribution in [0, 0.1) is 28.6 Å². The molecule has 24 heavy (non-hydrogen) atoms. The molecule has 2 nitrogen and oxygen atoms in total. The van der Waals surface area contributed by atoms with Crippen molar-refractivity contribution in [3.05, 3.63) is 35.4 Å². The Hall–Kier alpha value is -1.38. The van der Waals surface area contributed by atoms with Crippen LogP contribution in [0.25, 0.3) is 0 Å². The number of rotatable bonds is 1. The molecule has 0 bridgehead atoms. The number of carbonyl (C=O) groups is 1. The Balaban J connectivity index is 1.69. The van der Waals surface area contributed by atoms with Crippen molar-refractivity contribution in [1.82, 2.24) is 0 Å². The average molecular weight is 330 g/mol. The third-order valence-corrected chi connectivity index (χ3v) is 7.39. The van der Waals surface area contributed by atoms with E-state index in [-0.39, 0.29) is 22.6 Å². The van der Waals surface area contributed by atoms with E-state index < -0.39 is 0 Å². The van der Waals surface area contributed by atoms with Crippen LogP contribution in [0.2, 0.25) is 0 Å². The molecule has 0 amide bonds. The summed E-state index contributed by atoms with van der Waals surface area (Å²) in [6, 6.07) is 0. The molecule has 1 saturated carbocycles. The van der Waals surface area contributed by atoms with E-state index in [1.165, 1.54) is 6.92 Å². The molecule has 0 radical (unpaired) electrons. The molecule has 5 atom stereocenters. The number of hydrogen-bond donors (Lipinski definition) is 0. The van der Waals surface area contributed by atoms with Crippen LogP contribution in [-0.4, -0.2) is 5.97 Å². The summed E-state index contributed by atoms with van der Waals surface area (Å²) < 4.78 is 20.5. The van der Waals surface area contributed by atoms with E-state index in [9.17, 15) is 9.18 Å². The van der Waals surface area contributed by atoms with E-state index in [0.29, 0.717) is 24.2 Å². The van der Waals surface area contributed by atoms with Gasteiger partial charge in [0.15, 0.2) is 0 Å². The molecular formula is C21H27FO2. The highest BCUT2D eigenvalue weighted by molar-refractivity contribution is 5.67. The Morgan fingerprint density at radius 2 is 2.12 bits per heavy atom. The van der Waals surface area contributed by atoms with E-state index in [1.54, 1.807) is 0 Å². The lowest BCUT2D eigenvalue weighted by Crippen LogP contribution is -2.49. The van der Waals surface area contributed by atoms with Crippen molar-refractivity contribution in [2.24, 2.45) is 28.6 Å². The SMILES string of the molecule is CC(=O)OC1=CC[C@H]2[C@@H]3CC(F)=C4CCC=C[C@]4(C)[C@H]3CC[C@]12C. The molecule has 3 heteroatoms. The van der Waals surface area contributed by atoms with Crippen LogP contribution >= 0.6 is 0 Å². The van der Waals surface area contributed by atoms with Crippen molar-refractivity contribution in [1.29, 1.82) is 0 Å². The zero-order chi connectivity index (χ0) is 17.1. The summed E-state index contributed by atoms with van der Waals surface area (Å²) in [5, 5.41) is 0. The topological polar surface area (TPSA) is 26.3 Å². The molecule has 0 unspecified atom stereocenters. The van der Waals surface area contributed by atoms with E-state index >= 15 is 0 Å². The first kappa shape index (κ1) is 16.1. The zero-order valence-electron chi connectivity index (χ0n) is 14.9. The molecule has 0 saturated heterocycles. The summed E-state index contributed by atoms with van der Waals surface area (Å²) in [5.74, 6) is 1.94. The van der Waals surface area contributed by atoms with Crippen molar-refractivity contribution >= 4 is 5.97 Å². The van der Waals surface area contributed by atoms with Gasteiger partial charge in [-0.1, -0.05) is 26.0 Å². The Morgan fingerprint density at radius 3 is 2.88 bits per heavy atom. The van der Waals surface area contributed by atoms with E-state index in [0.717, 1.165) is 43.4 Å². The smallest absolute Gasteiger partial charge is 0.307 e. The monoisotopic (exact) mass is 330 g/mol. The van der Waals surface area contributed by atoms with Gasteiger partial charge in [0, 0.05) is 24.2 Å². The van der Waals surface area contributed by atoms with Gasteiger partial charge < -0.3 is 4.74 Å². The molecule has 0 heterocycles. The molecule has 0 N–H and O–H groups in total. The number of carbonyl (C=O) groups excluding carboxylic acids is 1. The van der Waals surface area contributed by atoms with Gasteiger partial charge in [-0.25, -0.2) is 4.39 Å². The van der Waals surface area contributed by atoms with Crippen LogP contribution in [0.15, 0.2) is 35.4 Å². The molecule has 0 aromatic rings. The van der Waals surface area contributed by atoms with E-state index in [2.05, 4.69) is 32.1 Å². The Morgan fingerprint density at radius 1 is 1.33 bits per heavy atom. The van der Waals surface area contributed by atoms with Gasteiger partial charge in [0.25, 0.3) is 0 Å². The maximum Gasteiger partial charge on any atom is 0.307 e. The van der Waals surface area contributed by atoms with Crippen LogP contribution in [0.4, 0.5) is 4.39 Å². The molecular weight excluding hydrogens is 303 g/mol. The first-order valence-electron chi connectivity index (χ1n) is 9.31. The summed E-state index contributed by atoms with van der Waals surface area (Å²) in [4.78, 5) is 11.5. The second-order valence-corrected chi connectivity index (χ2v) is 8.54. The van der Waals surface area contributed by atoms with Gasteiger partial charge in [0.1, 0.15) is 11.6 Å². The van der Waals surface area contributed by atoms with Crippen LogP contribution in [0.1, 0.15) is 59.3 Å². The molecule has 0 spiro atoms. The number of fused-ring (bicyclic) bond motifs is 5. The van der Waals surface area contributed by atoms with E-state index in [4.69, 9.17) is 4.74 Å². The largest absolute Gasteiger partial charge is 0.431 e. The molecule has 0 aromatic heterocycles. The third-order valence-electron chi connectivity index (χ3n) is 7.39. The number of ether oxygens (including phenoxy) is 1. The Labute approximate surface area is 143 Å². The van der Waals surface area contributed by atoms with Crippen LogP contribution < -0.4 is 0 Å². The molecule has 130 valence electrons. The molecule has 4 aliphatic carbocycles. The molecule has 0 aromatic carbocycles. The lowest BCUT2D eigenvalue weighted by molar-refractivity contribution is -0.140. The minimum Gasteiger partial charge on any atom is -0.431 e. The standard InChI is InChI=1S/C21H27FO2/c1-13(23)24-19-8-7-15-14-12-18(22)17-6-4-5-10-20(17,2)16(14)9-11-21(15,19)3/h5,8,10,14-16H,4,6-7,9,11-12H2,1-3H3/t14-,15-,16-,20+,21-/m0/s1. The van der Waals surface area contributed by atoms with Crippen LogP contribution in [0.5, 0.6) is 0 Å². The van der Waals surface area contributed by atoms with Crippen molar-refractivity contribution in [3.8, 4) is 0 Å². The number of allylic oxidation sites excluding steroid dienone is 6. The molecule has 1 fully saturated rings. The van der Waals surface area contributed by atoms with Crippen molar-refractivity contribution < 1.29 is 13.9 Å². The van der Waals surface area contributed by atoms with Crippen molar-refractivity contribution in [3.63, 3.8) is 0 Å². The van der Waals surface area contributed by atoms with Crippen LogP contribution in [0.3, 0.4) is 0 Å². The van der Waals surface area contributed by atoms with Gasteiger partial charge in [0.05, 0.1) is 0 Å². The third kappa shape index (κ3) is 2.09. The maximum absolute atomic E-state index is 15.0. The quantitative estimate of drug-likeness (QED) is 0.471. The first-order chi connectivity index (χ1) is 11.4. The summed E-state index contributed by atoms with van der Waals surface area (Å²) in [6.45, 7) is 5.92. The normalized spacial score (nSPS) is 43.7. The van der Waals surface area contributed by atoms with Gasteiger partial charge in [-0.05, 0) is 61.5 Å². The molecule has 0 aliphatic heterocycles. The first-order valence-corrected chi connectivity index (χ1v) is 9.31. The van der Waals surface area contributed by atoms with E-state index in [1.807, 2.05) is 0 Å². The molecule has 4 aliphatic rings. The lowest BCUT2D eigenvalue weighted by Gasteiger charge is -2.55. The highest BCUT2D eigenvalue weighted by Gasteiger charge is 2.58. The minimum atomic E-state index is -0.246. The summed E-state index contributed by atoms with van der Waals surface area (Å²) in [7, 11) is 0. The highest BCUT2D eigenvalue weighted by atomic mass is 19.1. The number of esters is 1. The predicted molar refractivity (Wildman–Crippen MR) is 91.5 cm³/mol. The van der Waals surface area contributed by atoms with Gasteiger partial charge in [0.2, 0.25) is 0 Å². The number of hydrogen-bond acceptors (Lipinski definition) is 2. The minimum absolute atomic E-state index is 0.112. The second-order valence-electron chi connectivity index (χ2n) is 8.54. The van der Waals surface area contributed by atoms with Gasteiger partial charge in [-0.3, -0.25) is 4.79 Å². The fraction of sp³-hybridized carbons (Fsp3) is 0.667. The summed E-state index contributed by atoms with van der Waals surface area (Å²) in [6.07, 6.45) is 12.0. The fourth-order valence-electron chi connectivity index (χ4n) is 6.19. The van der Waals surface area contributed by atoms with Gasteiger partial charge in [-0.15, -0.1) is 0 Å². The van der Waals surface area contributed by atoms with Crippen LogP contribution in [-0.2, 0) is 9.53 Å². The average Bonchev–Trinajstić information content (AvgIpc) is 2.84. The summed E-state index contributed by atoms with van der Waals surface area (Å²) >= 11 is 0. The van der Waals surface area contributed by atoms with Gasteiger partial charge in [-0.2, -0.15) is 0 Å². The summed E-state index contributed by atoms with van der Waals surface area (Å²) in [5.41, 5.74) is 0.830. The maximum atomic E-state index is 15.0. The zero-order valence-corrected chi connectivity index (χ0v) is 14.9. The van der Waals surface area contributed by atoms with Gasteiger partial charge >= 0.3 is 5.97 Å².